The molecule has 2 amide bonds. The number of nitrogens with one attached hydrogen (secondary N) is 1. The number of nitrogens with two attached hydrogens (primary N) is 1. The van der Waals surface area contributed by atoms with Gasteiger partial charge in [0.1, 0.15) is 5.60 Å². The minimum Gasteiger partial charge on any atom is -0.444 e. The number of alkyl carbamates (subject to hydrolysis) is 1. The summed E-state index contributed by atoms with van der Waals surface area (Å²) in [6.45, 7) is 5.08. The Morgan fingerprint density at radius 1 is 1.19 bits per heavy atom. The van der Waals surface area contributed by atoms with E-state index in [1.807, 2.05) is 0 Å². The van der Waals surface area contributed by atoms with Gasteiger partial charge in [-0.05, 0) is 51.3 Å². The lowest BCUT2D eigenvalue weighted by atomic mass is 9.98. The van der Waals surface area contributed by atoms with Crippen molar-refractivity contribution in [1.82, 2.24) is 5.32 Å². The number of hydrogen-bond donors (Lipinski definition) is 2. The van der Waals surface area contributed by atoms with Gasteiger partial charge in [0.2, 0.25) is 5.91 Å². The second-order valence-corrected chi connectivity index (χ2v) is 7.03. The van der Waals surface area contributed by atoms with E-state index in [0.717, 1.165) is 12.1 Å². The normalized spacial score (nSPS) is 13.2. The van der Waals surface area contributed by atoms with E-state index >= 15 is 0 Å². The van der Waals surface area contributed by atoms with Crippen molar-refractivity contribution in [2.24, 2.45) is 5.73 Å². The molecule has 1 atom stereocenters. The average Bonchev–Trinajstić information content (AvgIpc) is 2.47. The van der Waals surface area contributed by atoms with Gasteiger partial charge in [-0.1, -0.05) is 18.6 Å². The van der Waals surface area contributed by atoms with E-state index in [0.29, 0.717) is 24.8 Å². The number of hydrogen-bond acceptors (Lipinski definition) is 3. The van der Waals surface area contributed by atoms with Gasteiger partial charge in [-0.2, -0.15) is 13.2 Å². The van der Waals surface area contributed by atoms with E-state index in [1.54, 1.807) is 20.8 Å². The predicted molar refractivity (Wildman–Crippen MR) is 91.2 cm³/mol. The fraction of sp³-hybridized carbons (Fsp3) is 0.556. The maximum absolute atomic E-state index is 12.9. The minimum absolute atomic E-state index is 0.182. The molecule has 0 aliphatic carbocycles. The summed E-state index contributed by atoms with van der Waals surface area (Å²) in [5.41, 5.74) is 3.89. The van der Waals surface area contributed by atoms with Crippen molar-refractivity contribution in [1.29, 1.82) is 0 Å². The van der Waals surface area contributed by atoms with Crippen molar-refractivity contribution >= 4 is 12.0 Å². The molecule has 26 heavy (non-hydrogen) atoms. The van der Waals surface area contributed by atoms with Gasteiger partial charge in [0, 0.05) is 6.42 Å². The lowest BCUT2D eigenvalue weighted by Gasteiger charge is -2.24. The third kappa shape index (κ3) is 8.22. The van der Waals surface area contributed by atoms with Gasteiger partial charge >= 0.3 is 12.3 Å². The van der Waals surface area contributed by atoms with Crippen molar-refractivity contribution in [3.8, 4) is 0 Å². The molecule has 146 valence electrons. The van der Waals surface area contributed by atoms with E-state index in [9.17, 15) is 22.8 Å². The summed E-state index contributed by atoms with van der Waals surface area (Å²) in [7, 11) is 0. The number of benzene rings is 1. The van der Waals surface area contributed by atoms with Crippen molar-refractivity contribution in [2.45, 2.75) is 64.3 Å². The van der Waals surface area contributed by atoms with Crippen LogP contribution in [0, 0.1) is 0 Å². The molecule has 0 aliphatic heterocycles. The molecule has 0 aromatic heterocycles. The van der Waals surface area contributed by atoms with Gasteiger partial charge in [-0.25, -0.2) is 4.79 Å². The minimum atomic E-state index is -4.47. The first-order valence-electron chi connectivity index (χ1n) is 8.33. The third-order valence-electron chi connectivity index (χ3n) is 3.47. The highest BCUT2D eigenvalue weighted by atomic mass is 19.4. The van der Waals surface area contributed by atoms with Crippen LogP contribution in [-0.2, 0) is 15.7 Å². The number of carbonyl (C=O) groups excluding carboxylic acids is 2. The van der Waals surface area contributed by atoms with Crippen LogP contribution in [0.15, 0.2) is 24.3 Å². The van der Waals surface area contributed by atoms with Gasteiger partial charge < -0.3 is 15.8 Å². The quantitative estimate of drug-likeness (QED) is 0.698. The second-order valence-electron chi connectivity index (χ2n) is 7.03. The molecule has 3 N–H and O–H groups in total. The number of halogens is 3. The number of ether oxygens (including phenoxy) is 1. The molecule has 1 rings (SSSR count). The van der Waals surface area contributed by atoms with E-state index < -0.39 is 35.4 Å². The second kappa shape index (κ2) is 8.91. The summed E-state index contributed by atoms with van der Waals surface area (Å²) >= 11 is 0. The van der Waals surface area contributed by atoms with Crippen LogP contribution < -0.4 is 11.1 Å². The first-order chi connectivity index (χ1) is 11.9. The molecule has 0 aliphatic rings. The third-order valence-corrected chi connectivity index (χ3v) is 3.47. The first-order valence-corrected chi connectivity index (χ1v) is 8.33. The van der Waals surface area contributed by atoms with Crippen molar-refractivity contribution < 1.29 is 27.5 Å². The molecule has 0 bridgehead atoms. The lowest BCUT2D eigenvalue weighted by molar-refractivity contribution is -0.137. The molecule has 1 aromatic rings. The van der Waals surface area contributed by atoms with E-state index in [4.69, 9.17) is 10.5 Å². The Bertz CT molecular complexity index is 625. The molecule has 5 nitrogen and oxygen atoms in total. The highest BCUT2D eigenvalue weighted by molar-refractivity contribution is 5.73. The van der Waals surface area contributed by atoms with E-state index in [-0.39, 0.29) is 6.42 Å². The fourth-order valence-corrected chi connectivity index (χ4v) is 2.35. The summed E-state index contributed by atoms with van der Waals surface area (Å²) in [5, 5.41) is 2.61. The molecule has 0 spiro atoms. The van der Waals surface area contributed by atoms with Crippen LogP contribution in [0.2, 0.25) is 0 Å². The Hall–Kier alpha value is -2.25. The molecule has 8 heteroatoms. The van der Waals surface area contributed by atoms with Gasteiger partial charge in [0.15, 0.2) is 0 Å². The van der Waals surface area contributed by atoms with E-state index in [1.165, 1.54) is 12.1 Å². The molecule has 1 unspecified atom stereocenters. The Balaban J connectivity index is 2.92. The van der Waals surface area contributed by atoms with Crippen LogP contribution in [0.1, 0.15) is 63.6 Å². The van der Waals surface area contributed by atoms with Crippen LogP contribution in [-0.4, -0.2) is 17.6 Å². The summed E-state index contributed by atoms with van der Waals surface area (Å²) in [6, 6.07) is 4.13. The molecule has 0 saturated carbocycles. The van der Waals surface area contributed by atoms with E-state index in [2.05, 4.69) is 5.32 Å². The molecule has 0 heterocycles. The number of amides is 2. The van der Waals surface area contributed by atoms with Crippen molar-refractivity contribution in [3.05, 3.63) is 35.4 Å². The molecule has 0 saturated heterocycles. The highest BCUT2D eigenvalue weighted by Gasteiger charge is 2.31. The Morgan fingerprint density at radius 3 is 2.38 bits per heavy atom. The first kappa shape index (κ1) is 21.8. The molecule has 0 fully saturated rings. The molecular weight excluding hydrogens is 349 g/mol. The Kier molecular flexibility index (Phi) is 7.47. The highest BCUT2D eigenvalue weighted by Crippen LogP contribution is 2.31. The molecular formula is C18H25F3N2O3. The maximum Gasteiger partial charge on any atom is 0.416 e. The van der Waals surface area contributed by atoms with Gasteiger partial charge in [0.05, 0.1) is 11.6 Å². The topological polar surface area (TPSA) is 81.4 Å². The van der Waals surface area contributed by atoms with Crippen molar-refractivity contribution in [3.63, 3.8) is 0 Å². The van der Waals surface area contributed by atoms with Crippen LogP contribution in [0.25, 0.3) is 0 Å². The summed E-state index contributed by atoms with van der Waals surface area (Å²) in [6.07, 6.45) is -3.65. The SMILES string of the molecule is CC(C)(C)OC(=O)NC(CCCCC(N)=O)c1cccc(C(F)(F)F)c1. The zero-order valence-electron chi connectivity index (χ0n) is 15.2. The largest absolute Gasteiger partial charge is 0.444 e. The van der Waals surface area contributed by atoms with Gasteiger partial charge in [0.25, 0.3) is 0 Å². The predicted octanol–water partition coefficient (Wildman–Crippen LogP) is 4.32. The summed E-state index contributed by atoms with van der Waals surface area (Å²) in [5.74, 6) is -0.444. The standard InChI is InChI=1S/C18H25F3N2O3/c1-17(2,3)26-16(25)23-14(9-4-5-10-15(22)24)12-7-6-8-13(11-12)18(19,20)21/h6-8,11,14H,4-5,9-10H2,1-3H3,(H2,22,24)(H,23,25). The van der Waals surface area contributed by atoms with Gasteiger partial charge in [-0.3, -0.25) is 4.79 Å². The van der Waals surface area contributed by atoms with Crippen LogP contribution in [0.3, 0.4) is 0 Å². The zero-order chi connectivity index (χ0) is 20.0. The Labute approximate surface area is 151 Å². The molecule has 0 radical (unpaired) electrons. The van der Waals surface area contributed by atoms with Crippen LogP contribution in [0.5, 0.6) is 0 Å². The number of rotatable bonds is 7. The fourth-order valence-electron chi connectivity index (χ4n) is 2.35. The lowest BCUT2D eigenvalue weighted by Crippen LogP contribution is -2.35. The van der Waals surface area contributed by atoms with Crippen LogP contribution >= 0.6 is 0 Å². The monoisotopic (exact) mass is 374 g/mol. The smallest absolute Gasteiger partial charge is 0.416 e. The summed E-state index contributed by atoms with van der Waals surface area (Å²) in [4.78, 5) is 22.8. The maximum atomic E-state index is 12.9. The number of unbranched alkanes of at least 4 members (excludes halogenated alkanes) is 1. The van der Waals surface area contributed by atoms with Gasteiger partial charge in [-0.15, -0.1) is 0 Å². The zero-order valence-corrected chi connectivity index (χ0v) is 15.2. The Morgan fingerprint density at radius 2 is 1.85 bits per heavy atom. The number of primary amides is 1. The van der Waals surface area contributed by atoms with Crippen LogP contribution in [0.4, 0.5) is 18.0 Å². The average molecular weight is 374 g/mol. The summed E-state index contributed by atoms with van der Waals surface area (Å²) < 4.78 is 44.0. The van der Waals surface area contributed by atoms with Crippen molar-refractivity contribution in [2.75, 3.05) is 0 Å². The number of alkyl halides is 3. The molecule has 1 aromatic carbocycles. The number of carbonyl (C=O) groups is 2.